The van der Waals surface area contributed by atoms with Crippen molar-refractivity contribution in [1.29, 1.82) is 0 Å². The lowest BCUT2D eigenvalue weighted by molar-refractivity contribution is 0.0686. The average Bonchev–Trinajstić information content (AvgIpc) is 2.39. The normalized spacial score (nSPS) is 16.7. The molecule has 0 spiro atoms. The monoisotopic (exact) mass is 268 g/mol. The Balaban J connectivity index is 2.01. The van der Waals surface area contributed by atoms with Crippen LogP contribution in [0.2, 0.25) is 0 Å². The maximum absolute atomic E-state index is 13.6. The molecule has 5 heteroatoms. The van der Waals surface area contributed by atoms with Gasteiger partial charge in [0.15, 0.2) is 0 Å². The second kappa shape index (κ2) is 6.10. The Morgan fingerprint density at radius 1 is 1.37 bits per heavy atom. The number of hydrogen-bond donors (Lipinski definition) is 1. The van der Waals surface area contributed by atoms with Gasteiger partial charge in [-0.1, -0.05) is 0 Å². The lowest BCUT2D eigenvalue weighted by Gasteiger charge is -2.32. The second-order valence-corrected chi connectivity index (χ2v) is 4.92. The quantitative estimate of drug-likeness (QED) is 0.910. The Morgan fingerprint density at radius 3 is 2.63 bits per heavy atom. The summed E-state index contributed by atoms with van der Waals surface area (Å²) in [7, 11) is 1.91. The third-order valence-electron chi connectivity index (χ3n) is 3.56. The van der Waals surface area contributed by atoms with Gasteiger partial charge < -0.3 is 10.2 Å². The maximum Gasteiger partial charge on any atom is 0.256 e. The number of benzene rings is 1. The Kier molecular flexibility index (Phi) is 4.47. The number of carbonyl (C=O) groups excluding carboxylic acids is 1. The number of amides is 1. The van der Waals surface area contributed by atoms with E-state index >= 15 is 0 Å². The summed E-state index contributed by atoms with van der Waals surface area (Å²) in [5.74, 6) is -1.24. The Bertz CT molecular complexity index is 457. The number of nitrogens with zero attached hydrogens (tertiary/aromatic N) is 1. The van der Waals surface area contributed by atoms with Crippen molar-refractivity contribution in [3.8, 4) is 0 Å². The Hall–Kier alpha value is -1.49. The fourth-order valence-corrected chi connectivity index (χ4v) is 2.46. The molecule has 104 valence electrons. The minimum Gasteiger partial charge on any atom is -0.339 e. The molecule has 0 bridgehead atoms. The number of hydrogen-bond acceptors (Lipinski definition) is 2. The van der Waals surface area contributed by atoms with Gasteiger partial charge in [-0.15, -0.1) is 0 Å². The molecule has 2 rings (SSSR count). The minimum atomic E-state index is -0.789. The highest BCUT2D eigenvalue weighted by molar-refractivity contribution is 5.94. The van der Waals surface area contributed by atoms with Crippen LogP contribution in [0.15, 0.2) is 18.2 Å². The molecule has 0 radical (unpaired) electrons. The molecule has 0 aliphatic carbocycles. The first-order valence-electron chi connectivity index (χ1n) is 6.50. The molecular weight excluding hydrogens is 250 g/mol. The lowest BCUT2D eigenvalue weighted by Crippen LogP contribution is -2.40. The van der Waals surface area contributed by atoms with E-state index in [0.717, 1.165) is 31.5 Å². The molecule has 1 heterocycles. The van der Waals surface area contributed by atoms with E-state index in [1.54, 1.807) is 4.90 Å². The molecule has 1 amide bonds. The first-order chi connectivity index (χ1) is 9.11. The Labute approximate surface area is 111 Å². The molecule has 1 N–H and O–H groups in total. The zero-order chi connectivity index (χ0) is 13.8. The molecule has 3 nitrogen and oxygen atoms in total. The van der Waals surface area contributed by atoms with Crippen LogP contribution in [0, 0.1) is 17.6 Å². The van der Waals surface area contributed by atoms with Crippen LogP contribution in [0.4, 0.5) is 8.78 Å². The number of rotatable bonds is 3. The molecule has 1 aliphatic rings. The predicted molar refractivity (Wildman–Crippen MR) is 68.9 cm³/mol. The van der Waals surface area contributed by atoms with Crippen molar-refractivity contribution in [3.63, 3.8) is 0 Å². The van der Waals surface area contributed by atoms with Crippen molar-refractivity contribution in [3.05, 3.63) is 35.4 Å². The summed E-state index contributed by atoms with van der Waals surface area (Å²) in [5.41, 5.74) is -0.0477. The lowest BCUT2D eigenvalue weighted by atomic mass is 9.96. The van der Waals surface area contributed by atoms with Gasteiger partial charge in [-0.25, -0.2) is 8.78 Å². The molecule has 0 aromatic heterocycles. The van der Waals surface area contributed by atoms with Crippen LogP contribution >= 0.6 is 0 Å². The fourth-order valence-electron chi connectivity index (χ4n) is 2.46. The van der Waals surface area contributed by atoms with Gasteiger partial charge in [0.05, 0.1) is 5.56 Å². The van der Waals surface area contributed by atoms with Crippen molar-refractivity contribution >= 4 is 5.91 Å². The van der Waals surface area contributed by atoms with Crippen LogP contribution in [-0.2, 0) is 0 Å². The highest BCUT2D eigenvalue weighted by atomic mass is 19.1. The van der Waals surface area contributed by atoms with Crippen LogP contribution < -0.4 is 5.32 Å². The van der Waals surface area contributed by atoms with E-state index in [1.165, 1.54) is 6.07 Å². The van der Waals surface area contributed by atoms with Gasteiger partial charge in [0, 0.05) is 19.2 Å². The first kappa shape index (κ1) is 13.9. The fraction of sp³-hybridized carbons (Fsp3) is 0.500. The molecular formula is C14H18F2N2O. The zero-order valence-electron chi connectivity index (χ0n) is 11.0. The standard InChI is InChI=1S/C14H18F2N2O/c1-17-9-10-4-6-18(7-5-10)14(19)12-3-2-11(15)8-13(12)16/h2-3,8,10,17H,4-7,9H2,1H3. The van der Waals surface area contributed by atoms with Gasteiger partial charge in [-0.05, 0) is 44.5 Å². The topological polar surface area (TPSA) is 32.3 Å². The molecule has 0 unspecified atom stereocenters. The third kappa shape index (κ3) is 3.29. The summed E-state index contributed by atoms with van der Waals surface area (Å²) < 4.78 is 26.4. The van der Waals surface area contributed by atoms with E-state index in [9.17, 15) is 13.6 Å². The molecule has 0 saturated carbocycles. The van der Waals surface area contributed by atoms with E-state index in [-0.39, 0.29) is 11.5 Å². The van der Waals surface area contributed by atoms with Crippen molar-refractivity contribution in [2.24, 2.45) is 5.92 Å². The molecule has 1 aliphatic heterocycles. The Morgan fingerprint density at radius 2 is 2.05 bits per heavy atom. The molecule has 0 atom stereocenters. The first-order valence-corrected chi connectivity index (χ1v) is 6.50. The van der Waals surface area contributed by atoms with Gasteiger partial charge >= 0.3 is 0 Å². The second-order valence-electron chi connectivity index (χ2n) is 4.92. The van der Waals surface area contributed by atoms with E-state index in [4.69, 9.17) is 0 Å². The summed E-state index contributed by atoms with van der Waals surface area (Å²) in [4.78, 5) is 13.8. The van der Waals surface area contributed by atoms with Gasteiger partial charge in [0.2, 0.25) is 0 Å². The van der Waals surface area contributed by atoms with E-state index in [0.29, 0.717) is 19.0 Å². The highest BCUT2D eigenvalue weighted by Crippen LogP contribution is 2.19. The van der Waals surface area contributed by atoms with E-state index < -0.39 is 11.6 Å². The van der Waals surface area contributed by atoms with Crippen molar-refractivity contribution < 1.29 is 13.6 Å². The van der Waals surface area contributed by atoms with Crippen LogP contribution in [0.3, 0.4) is 0 Å². The van der Waals surface area contributed by atoms with Crippen LogP contribution in [0.1, 0.15) is 23.2 Å². The third-order valence-corrected chi connectivity index (χ3v) is 3.56. The van der Waals surface area contributed by atoms with Crippen LogP contribution in [0.5, 0.6) is 0 Å². The summed E-state index contributed by atoms with van der Waals surface area (Å²) in [5, 5.41) is 3.12. The summed E-state index contributed by atoms with van der Waals surface area (Å²) in [6.07, 6.45) is 1.82. The van der Waals surface area contributed by atoms with Crippen molar-refractivity contribution in [1.82, 2.24) is 10.2 Å². The average molecular weight is 268 g/mol. The van der Waals surface area contributed by atoms with Gasteiger partial charge in [0.1, 0.15) is 11.6 Å². The number of carbonyl (C=O) groups is 1. The van der Waals surface area contributed by atoms with Gasteiger partial charge in [-0.3, -0.25) is 4.79 Å². The summed E-state index contributed by atoms with van der Waals surface area (Å²) in [6, 6.07) is 3.08. The predicted octanol–water partition coefficient (Wildman–Crippen LogP) is 2.04. The van der Waals surface area contributed by atoms with E-state index in [1.807, 2.05) is 7.05 Å². The zero-order valence-corrected chi connectivity index (χ0v) is 11.0. The maximum atomic E-state index is 13.6. The number of likely N-dealkylation sites (tertiary alicyclic amines) is 1. The number of halogens is 2. The van der Waals surface area contributed by atoms with Crippen LogP contribution in [-0.4, -0.2) is 37.5 Å². The molecule has 1 saturated heterocycles. The minimum absolute atomic E-state index is 0.0477. The molecule has 1 aromatic carbocycles. The molecule has 1 fully saturated rings. The largest absolute Gasteiger partial charge is 0.339 e. The van der Waals surface area contributed by atoms with Crippen LogP contribution in [0.25, 0.3) is 0 Å². The molecule has 1 aromatic rings. The number of nitrogens with one attached hydrogen (secondary N) is 1. The summed E-state index contributed by atoms with van der Waals surface area (Å²) in [6.45, 7) is 2.19. The van der Waals surface area contributed by atoms with Crippen molar-refractivity contribution in [2.45, 2.75) is 12.8 Å². The van der Waals surface area contributed by atoms with Gasteiger partial charge in [-0.2, -0.15) is 0 Å². The summed E-state index contributed by atoms with van der Waals surface area (Å²) >= 11 is 0. The van der Waals surface area contributed by atoms with E-state index in [2.05, 4.69) is 5.32 Å². The molecule has 19 heavy (non-hydrogen) atoms. The smallest absolute Gasteiger partial charge is 0.256 e. The van der Waals surface area contributed by atoms with Crippen molar-refractivity contribution in [2.75, 3.05) is 26.7 Å². The number of piperidine rings is 1. The van der Waals surface area contributed by atoms with Gasteiger partial charge in [0.25, 0.3) is 5.91 Å². The highest BCUT2D eigenvalue weighted by Gasteiger charge is 2.24. The SMILES string of the molecule is CNCC1CCN(C(=O)c2ccc(F)cc2F)CC1.